The predicted octanol–water partition coefficient (Wildman–Crippen LogP) is 1.37. The second-order valence-electron chi connectivity index (χ2n) is 4.40. The minimum atomic E-state index is 0.281. The Balaban J connectivity index is 2.53. The highest BCUT2D eigenvalue weighted by Gasteiger charge is 2.27. The lowest BCUT2D eigenvalue weighted by Crippen LogP contribution is -2.43. The maximum atomic E-state index is 12.0. The highest BCUT2D eigenvalue weighted by molar-refractivity contribution is 5.79. The monoisotopic (exact) mass is 198 g/mol. The van der Waals surface area contributed by atoms with Crippen molar-refractivity contribution in [2.75, 3.05) is 13.1 Å². The third-order valence-electron chi connectivity index (χ3n) is 2.98. The molecule has 1 rings (SSSR count). The zero-order chi connectivity index (χ0) is 10.6. The van der Waals surface area contributed by atoms with Gasteiger partial charge in [-0.05, 0) is 26.7 Å². The van der Waals surface area contributed by atoms with Crippen molar-refractivity contribution < 1.29 is 4.79 Å². The van der Waals surface area contributed by atoms with Crippen LogP contribution in [-0.2, 0) is 4.79 Å². The molecule has 1 aliphatic rings. The SMILES string of the molecule is CC(C)N(CCN)C(=O)C1CCCC1. The molecule has 0 bridgehead atoms. The molecule has 0 aromatic rings. The first-order chi connectivity index (χ1) is 6.66. The number of nitrogens with zero attached hydrogens (tertiary/aromatic N) is 1. The van der Waals surface area contributed by atoms with Crippen LogP contribution in [0.3, 0.4) is 0 Å². The smallest absolute Gasteiger partial charge is 0.225 e. The van der Waals surface area contributed by atoms with Gasteiger partial charge in [0.05, 0.1) is 0 Å². The molecule has 1 fully saturated rings. The van der Waals surface area contributed by atoms with Gasteiger partial charge in [-0.1, -0.05) is 12.8 Å². The van der Waals surface area contributed by atoms with Crippen LogP contribution in [0, 0.1) is 5.92 Å². The van der Waals surface area contributed by atoms with Gasteiger partial charge in [-0.25, -0.2) is 0 Å². The van der Waals surface area contributed by atoms with E-state index in [9.17, 15) is 4.79 Å². The summed E-state index contributed by atoms with van der Waals surface area (Å²) in [7, 11) is 0. The molecule has 0 atom stereocenters. The second-order valence-corrected chi connectivity index (χ2v) is 4.40. The lowest BCUT2D eigenvalue weighted by atomic mass is 10.1. The Hall–Kier alpha value is -0.570. The fourth-order valence-corrected chi connectivity index (χ4v) is 2.17. The van der Waals surface area contributed by atoms with Crippen LogP contribution < -0.4 is 5.73 Å². The molecular formula is C11H22N2O. The molecule has 1 amide bonds. The van der Waals surface area contributed by atoms with Gasteiger partial charge in [-0.3, -0.25) is 4.79 Å². The largest absolute Gasteiger partial charge is 0.339 e. The Bertz CT molecular complexity index is 186. The first kappa shape index (κ1) is 11.5. The van der Waals surface area contributed by atoms with Crippen molar-refractivity contribution in [3.05, 3.63) is 0 Å². The molecule has 0 aromatic carbocycles. The molecule has 1 aliphatic carbocycles. The summed E-state index contributed by atoms with van der Waals surface area (Å²) in [6, 6.07) is 0.284. The number of hydrogen-bond donors (Lipinski definition) is 1. The van der Waals surface area contributed by atoms with E-state index in [1.165, 1.54) is 12.8 Å². The molecule has 82 valence electrons. The fourth-order valence-electron chi connectivity index (χ4n) is 2.17. The summed E-state index contributed by atoms with van der Waals surface area (Å²) in [6.07, 6.45) is 4.58. The molecule has 0 aromatic heterocycles. The number of amides is 1. The average molecular weight is 198 g/mol. The molecule has 0 aliphatic heterocycles. The van der Waals surface area contributed by atoms with Gasteiger partial charge in [-0.15, -0.1) is 0 Å². The van der Waals surface area contributed by atoms with E-state index >= 15 is 0 Å². The molecule has 3 heteroatoms. The summed E-state index contributed by atoms with van der Waals surface area (Å²) >= 11 is 0. The molecular weight excluding hydrogens is 176 g/mol. The van der Waals surface area contributed by atoms with Crippen molar-refractivity contribution in [3.63, 3.8) is 0 Å². The molecule has 0 unspecified atom stereocenters. The van der Waals surface area contributed by atoms with E-state index < -0.39 is 0 Å². The summed E-state index contributed by atoms with van der Waals surface area (Å²) in [5, 5.41) is 0. The van der Waals surface area contributed by atoms with Crippen molar-refractivity contribution in [1.29, 1.82) is 0 Å². The average Bonchev–Trinajstić information content (AvgIpc) is 2.65. The summed E-state index contributed by atoms with van der Waals surface area (Å²) in [4.78, 5) is 14.0. The van der Waals surface area contributed by atoms with Crippen molar-refractivity contribution in [1.82, 2.24) is 4.90 Å². The van der Waals surface area contributed by atoms with Crippen LogP contribution in [0.4, 0.5) is 0 Å². The van der Waals surface area contributed by atoms with Gasteiger partial charge in [-0.2, -0.15) is 0 Å². The quantitative estimate of drug-likeness (QED) is 0.741. The first-order valence-electron chi connectivity index (χ1n) is 5.67. The first-order valence-corrected chi connectivity index (χ1v) is 5.67. The second kappa shape index (κ2) is 5.35. The van der Waals surface area contributed by atoms with Crippen molar-refractivity contribution >= 4 is 5.91 Å². The lowest BCUT2D eigenvalue weighted by Gasteiger charge is -2.28. The number of rotatable bonds is 4. The van der Waals surface area contributed by atoms with Gasteiger partial charge in [0.25, 0.3) is 0 Å². The van der Waals surface area contributed by atoms with E-state index in [0.29, 0.717) is 19.0 Å². The van der Waals surface area contributed by atoms with E-state index in [2.05, 4.69) is 13.8 Å². The predicted molar refractivity (Wildman–Crippen MR) is 57.9 cm³/mol. The molecule has 0 saturated heterocycles. The van der Waals surface area contributed by atoms with Crippen LogP contribution in [0.1, 0.15) is 39.5 Å². The summed E-state index contributed by atoms with van der Waals surface area (Å²) in [5.74, 6) is 0.604. The Kier molecular flexibility index (Phi) is 4.39. The van der Waals surface area contributed by atoms with Gasteiger partial charge in [0.15, 0.2) is 0 Å². The van der Waals surface area contributed by atoms with Gasteiger partial charge >= 0.3 is 0 Å². The Morgan fingerprint density at radius 3 is 2.43 bits per heavy atom. The van der Waals surface area contributed by atoms with Crippen molar-refractivity contribution in [2.45, 2.75) is 45.6 Å². The summed E-state index contributed by atoms with van der Waals surface area (Å²) < 4.78 is 0. The van der Waals surface area contributed by atoms with Gasteiger partial charge < -0.3 is 10.6 Å². The topological polar surface area (TPSA) is 46.3 Å². The van der Waals surface area contributed by atoms with Crippen LogP contribution in [0.15, 0.2) is 0 Å². The van der Waals surface area contributed by atoms with Crippen LogP contribution in [0.2, 0.25) is 0 Å². The number of nitrogens with two attached hydrogens (primary N) is 1. The van der Waals surface area contributed by atoms with Gasteiger partial charge in [0, 0.05) is 25.0 Å². The zero-order valence-electron chi connectivity index (χ0n) is 9.33. The third kappa shape index (κ3) is 2.71. The van der Waals surface area contributed by atoms with Crippen molar-refractivity contribution in [2.24, 2.45) is 11.7 Å². The van der Waals surface area contributed by atoms with E-state index in [1.807, 2.05) is 4.90 Å². The van der Waals surface area contributed by atoms with E-state index in [1.54, 1.807) is 0 Å². The molecule has 14 heavy (non-hydrogen) atoms. The highest BCUT2D eigenvalue weighted by Crippen LogP contribution is 2.26. The number of carbonyl (C=O) groups is 1. The van der Waals surface area contributed by atoms with Gasteiger partial charge in [0.1, 0.15) is 0 Å². The van der Waals surface area contributed by atoms with Crippen LogP contribution in [0.25, 0.3) is 0 Å². The normalized spacial score (nSPS) is 17.7. The molecule has 1 saturated carbocycles. The Morgan fingerprint density at radius 1 is 1.43 bits per heavy atom. The maximum Gasteiger partial charge on any atom is 0.225 e. The highest BCUT2D eigenvalue weighted by atomic mass is 16.2. The van der Waals surface area contributed by atoms with Crippen LogP contribution in [-0.4, -0.2) is 29.9 Å². The molecule has 0 heterocycles. The zero-order valence-corrected chi connectivity index (χ0v) is 9.33. The summed E-state index contributed by atoms with van der Waals surface area (Å²) in [5.41, 5.74) is 5.51. The standard InChI is InChI=1S/C11H22N2O/c1-9(2)13(8-7-12)11(14)10-5-3-4-6-10/h9-10H,3-8,12H2,1-2H3. The maximum absolute atomic E-state index is 12.0. The van der Waals surface area contributed by atoms with E-state index in [4.69, 9.17) is 5.73 Å². The minimum absolute atomic E-state index is 0.281. The van der Waals surface area contributed by atoms with Crippen molar-refractivity contribution in [3.8, 4) is 0 Å². The molecule has 2 N–H and O–H groups in total. The molecule has 0 spiro atoms. The third-order valence-corrected chi connectivity index (χ3v) is 2.98. The minimum Gasteiger partial charge on any atom is -0.339 e. The van der Waals surface area contributed by atoms with Crippen LogP contribution in [0.5, 0.6) is 0 Å². The fraction of sp³-hybridized carbons (Fsp3) is 0.909. The van der Waals surface area contributed by atoms with Gasteiger partial charge in [0.2, 0.25) is 5.91 Å². The number of hydrogen-bond acceptors (Lipinski definition) is 2. The Morgan fingerprint density at radius 2 is 2.00 bits per heavy atom. The number of carbonyl (C=O) groups excluding carboxylic acids is 1. The lowest BCUT2D eigenvalue weighted by molar-refractivity contribution is -0.136. The van der Waals surface area contributed by atoms with E-state index in [0.717, 1.165) is 12.8 Å². The summed E-state index contributed by atoms with van der Waals surface area (Å²) in [6.45, 7) is 5.38. The van der Waals surface area contributed by atoms with E-state index in [-0.39, 0.29) is 12.0 Å². The molecule has 0 radical (unpaired) electrons. The van der Waals surface area contributed by atoms with Crippen LogP contribution >= 0.6 is 0 Å². The Labute approximate surface area is 86.6 Å². The molecule has 3 nitrogen and oxygen atoms in total.